The van der Waals surface area contributed by atoms with Crippen molar-refractivity contribution in [2.24, 2.45) is 0 Å². The fourth-order valence-corrected chi connectivity index (χ4v) is 6.01. The Bertz CT molecular complexity index is 994. The van der Waals surface area contributed by atoms with Crippen molar-refractivity contribution >= 4 is 5.97 Å². The molecular weight excluding hydrogens is 961 g/mol. The number of methoxy groups -OCH3 is 1. The number of hydrogen-bond acceptors (Lipinski definition) is 21. The highest BCUT2D eigenvalue weighted by molar-refractivity contribution is 5.69. The van der Waals surface area contributed by atoms with Crippen molar-refractivity contribution in [2.75, 3.05) is 258 Å². The molecule has 0 radical (unpaired) electrons. The zero-order valence-corrected chi connectivity index (χ0v) is 45.7. The highest BCUT2D eigenvalue weighted by atomic mass is 16.6. The molecule has 0 aliphatic carbocycles. The molecule has 0 N–H and O–H groups in total. The summed E-state index contributed by atoms with van der Waals surface area (Å²) in [5, 5.41) is 0. The van der Waals surface area contributed by atoms with Crippen LogP contribution in [0.4, 0.5) is 0 Å². The molecule has 0 aliphatic heterocycles. The maximum atomic E-state index is 11.0. The first kappa shape index (κ1) is 71.7. The molecule has 0 aromatic carbocycles. The molecule has 73 heavy (non-hydrogen) atoms. The lowest BCUT2D eigenvalue weighted by Crippen LogP contribution is -2.16. The van der Waals surface area contributed by atoms with Crippen molar-refractivity contribution in [1.82, 2.24) is 0 Å². The lowest BCUT2D eigenvalue weighted by Gasteiger charge is -2.09. The van der Waals surface area contributed by atoms with Gasteiger partial charge in [0.25, 0.3) is 0 Å². The largest absolute Gasteiger partial charge is 0.469 e. The molecular formula is C52H104O21. The molecule has 0 amide bonds. The molecule has 0 saturated heterocycles. The number of ether oxygens (including phenoxy) is 20. The van der Waals surface area contributed by atoms with Gasteiger partial charge in [-0.3, -0.25) is 4.79 Å². The van der Waals surface area contributed by atoms with Crippen LogP contribution in [-0.2, 0) is 99.5 Å². The van der Waals surface area contributed by atoms with E-state index in [0.717, 1.165) is 13.0 Å². The van der Waals surface area contributed by atoms with E-state index in [0.29, 0.717) is 244 Å². The van der Waals surface area contributed by atoms with Gasteiger partial charge in [-0.25, -0.2) is 0 Å². The molecule has 21 nitrogen and oxygen atoms in total. The van der Waals surface area contributed by atoms with E-state index >= 15 is 0 Å². The lowest BCUT2D eigenvalue weighted by molar-refractivity contribution is -0.141. The molecule has 0 rings (SSSR count). The molecule has 0 bridgehead atoms. The second-order valence-corrected chi connectivity index (χ2v) is 16.1. The normalized spacial score (nSPS) is 11.6. The standard InChI is InChI=1S/C52H104O21/c1-3-4-5-6-7-8-9-10-11-12-14-55-16-18-57-20-22-59-24-26-61-28-30-63-32-34-65-36-38-67-40-42-69-44-46-71-48-50-73-51-49-72-47-45-70-43-41-68-39-37-66-35-33-64-31-29-62-27-25-60-23-21-58-19-17-56-15-13-52(53)54-2/h3-51H2,1-2H3. The summed E-state index contributed by atoms with van der Waals surface area (Å²) in [7, 11) is 1.35. The summed E-state index contributed by atoms with van der Waals surface area (Å²) in [5.74, 6) is -0.289. The van der Waals surface area contributed by atoms with Gasteiger partial charge in [0.05, 0.1) is 258 Å². The molecule has 0 spiro atoms. The highest BCUT2D eigenvalue weighted by Crippen LogP contribution is 2.10. The van der Waals surface area contributed by atoms with Gasteiger partial charge >= 0.3 is 5.97 Å². The van der Waals surface area contributed by atoms with Crippen molar-refractivity contribution in [2.45, 2.75) is 77.6 Å². The Morgan fingerprint density at radius 2 is 0.356 bits per heavy atom. The molecule has 0 heterocycles. The van der Waals surface area contributed by atoms with Gasteiger partial charge < -0.3 is 94.7 Å². The molecule has 0 fully saturated rings. The predicted octanol–water partition coefficient (Wildman–Crippen LogP) is 4.79. The van der Waals surface area contributed by atoms with Gasteiger partial charge in [0, 0.05) is 6.61 Å². The zero-order valence-electron chi connectivity index (χ0n) is 45.7. The Morgan fingerprint density at radius 3 is 0.534 bits per heavy atom. The highest BCUT2D eigenvalue weighted by Gasteiger charge is 2.01. The third kappa shape index (κ3) is 68.7. The molecule has 0 aliphatic rings. The zero-order chi connectivity index (χ0) is 52.4. The van der Waals surface area contributed by atoms with Crippen LogP contribution in [0.2, 0.25) is 0 Å². The van der Waals surface area contributed by atoms with Crippen molar-refractivity contribution in [3.8, 4) is 0 Å². The van der Waals surface area contributed by atoms with Crippen LogP contribution < -0.4 is 0 Å². The van der Waals surface area contributed by atoms with Gasteiger partial charge in [0.15, 0.2) is 0 Å². The SMILES string of the molecule is CCCCCCCCCCCCOCCOCCOCCOCCOCCOCCOCCOCCOCCOCCOCCOCCOCCOCCOCCOCCOCCOCCOCCC(=O)OC. The monoisotopic (exact) mass is 1060 g/mol. The van der Waals surface area contributed by atoms with Crippen molar-refractivity contribution in [3.63, 3.8) is 0 Å². The number of carbonyl (C=O) groups excluding carboxylic acids is 1. The van der Waals surface area contributed by atoms with E-state index in [9.17, 15) is 4.79 Å². The van der Waals surface area contributed by atoms with Crippen LogP contribution in [0.15, 0.2) is 0 Å². The Kier molecular flexibility index (Phi) is 67.5. The average Bonchev–Trinajstić information content (AvgIpc) is 3.40. The van der Waals surface area contributed by atoms with Crippen molar-refractivity contribution in [1.29, 1.82) is 0 Å². The number of unbranched alkanes of at least 4 members (excludes halogenated alkanes) is 9. The predicted molar refractivity (Wildman–Crippen MR) is 274 cm³/mol. The van der Waals surface area contributed by atoms with Gasteiger partial charge in [-0.05, 0) is 6.42 Å². The Morgan fingerprint density at radius 1 is 0.205 bits per heavy atom. The first-order valence-corrected chi connectivity index (χ1v) is 27.3. The molecule has 0 saturated carbocycles. The van der Waals surface area contributed by atoms with Gasteiger partial charge in [-0.2, -0.15) is 0 Å². The van der Waals surface area contributed by atoms with E-state index in [1.807, 2.05) is 0 Å². The van der Waals surface area contributed by atoms with Gasteiger partial charge in [0.2, 0.25) is 0 Å². The summed E-state index contributed by atoms with van der Waals surface area (Å²) in [4.78, 5) is 11.0. The fraction of sp³-hybridized carbons (Fsp3) is 0.981. The molecule has 0 aromatic rings. The first-order chi connectivity index (χ1) is 36.3. The van der Waals surface area contributed by atoms with Crippen molar-refractivity contribution in [3.05, 3.63) is 0 Å². The first-order valence-electron chi connectivity index (χ1n) is 27.3. The van der Waals surface area contributed by atoms with Gasteiger partial charge in [-0.1, -0.05) is 64.7 Å². The van der Waals surface area contributed by atoms with Gasteiger partial charge in [0.1, 0.15) is 0 Å². The third-order valence-corrected chi connectivity index (χ3v) is 10.0. The summed E-state index contributed by atoms with van der Waals surface area (Å²) in [6, 6.07) is 0. The molecule has 0 atom stereocenters. The van der Waals surface area contributed by atoms with Gasteiger partial charge in [-0.15, -0.1) is 0 Å². The average molecular weight is 1070 g/mol. The quantitative estimate of drug-likeness (QED) is 0.0594. The lowest BCUT2D eigenvalue weighted by atomic mass is 10.1. The maximum Gasteiger partial charge on any atom is 0.307 e. The van der Waals surface area contributed by atoms with Crippen LogP contribution in [0.25, 0.3) is 0 Å². The summed E-state index contributed by atoms with van der Waals surface area (Å²) in [6.07, 6.45) is 13.6. The van der Waals surface area contributed by atoms with E-state index in [1.165, 1.54) is 64.9 Å². The van der Waals surface area contributed by atoms with Crippen LogP contribution in [-0.4, -0.2) is 264 Å². The summed E-state index contributed by atoms with van der Waals surface area (Å²) < 4.78 is 109. The Labute approximate surface area is 440 Å². The van der Waals surface area contributed by atoms with E-state index in [-0.39, 0.29) is 12.4 Å². The number of rotatable bonds is 68. The smallest absolute Gasteiger partial charge is 0.307 e. The number of hydrogen-bond donors (Lipinski definition) is 0. The minimum atomic E-state index is -0.289. The second kappa shape index (κ2) is 68.7. The topological polar surface area (TPSA) is 202 Å². The maximum absolute atomic E-state index is 11.0. The third-order valence-electron chi connectivity index (χ3n) is 10.0. The van der Waals surface area contributed by atoms with Crippen LogP contribution in [0.1, 0.15) is 77.6 Å². The molecule has 21 heteroatoms. The number of esters is 1. The summed E-state index contributed by atoms with van der Waals surface area (Å²) >= 11 is 0. The van der Waals surface area contributed by atoms with E-state index < -0.39 is 0 Å². The summed E-state index contributed by atoms with van der Waals surface area (Å²) in [6.45, 7) is 21.5. The van der Waals surface area contributed by atoms with Crippen LogP contribution in [0.3, 0.4) is 0 Å². The summed E-state index contributed by atoms with van der Waals surface area (Å²) in [5.41, 5.74) is 0. The van der Waals surface area contributed by atoms with Crippen LogP contribution in [0.5, 0.6) is 0 Å². The van der Waals surface area contributed by atoms with E-state index in [1.54, 1.807) is 0 Å². The Hall–Kier alpha value is -1.29. The van der Waals surface area contributed by atoms with Crippen LogP contribution in [0, 0.1) is 0 Å². The van der Waals surface area contributed by atoms with E-state index in [2.05, 4.69) is 11.7 Å². The van der Waals surface area contributed by atoms with E-state index in [4.69, 9.17) is 90.0 Å². The minimum absolute atomic E-state index is 0.239. The van der Waals surface area contributed by atoms with Crippen molar-refractivity contribution < 1.29 is 99.5 Å². The molecule has 438 valence electrons. The fourth-order valence-electron chi connectivity index (χ4n) is 6.01. The molecule has 0 unspecified atom stereocenters. The molecule has 0 aromatic heterocycles. The second-order valence-electron chi connectivity index (χ2n) is 16.1. The Balaban J connectivity index is 3.08. The minimum Gasteiger partial charge on any atom is -0.469 e. The number of carbonyl (C=O) groups is 1. The van der Waals surface area contributed by atoms with Crippen LogP contribution >= 0.6 is 0 Å².